The second-order valence-electron chi connectivity index (χ2n) is 7.52. The molecule has 0 aromatic carbocycles. The molecule has 2 nitrogen and oxygen atoms in total. The van der Waals surface area contributed by atoms with Crippen LogP contribution in [0.15, 0.2) is 15.9 Å². The molecule has 1 spiro atoms. The van der Waals surface area contributed by atoms with Crippen LogP contribution in [-0.2, 0) is 6.54 Å². The molecule has 0 bridgehead atoms. The third-order valence-corrected chi connectivity index (χ3v) is 7.96. The van der Waals surface area contributed by atoms with Crippen molar-refractivity contribution in [3.8, 4) is 0 Å². The maximum absolute atomic E-state index is 3.96. The number of nitrogens with zero attached hydrogens (tertiary/aromatic N) is 1. The van der Waals surface area contributed by atoms with E-state index in [0.29, 0.717) is 11.1 Å². The zero-order valence-electron chi connectivity index (χ0n) is 12.8. The fourth-order valence-electron chi connectivity index (χ4n) is 4.45. The van der Waals surface area contributed by atoms with Gasteiger partial charge >= 0.3 is 0 Å². The Hall–Kier alpha value is 0.1000. The minimum Gasteiger partial charge on any atom is -0.308 e. The number of hydrogen-bond donors (Lipinski definition) is 1. The number of nitrogens with one attached hydrogen (secondary N) is 1. The summed E-state index contributed by atoms with van der Waals surface area (Å²) in [6.07, 6.45) is 8.42. The van der Waals surface area contributed by atoms with Gasteiger partial charge in [-0.15, -0.1) is 11.3 Å². The summed E-state index contributed by atoms with van der Waals surface area (Å²) in [7, 11) is 0. The van der Waals surface area contributed by atoms with E-state index in [1.165, 1.54) is 61.0 Å². The van der Waals surface area contributed by atoms with E-state index in [9.17, 15) is 0 Å². The predicted molar refractivity (Wildman–Crippen MR) is 92.8 cm³/mol. The Bertz CT molecular complexity index is 519. The number of hydrogen-bond acceptors (Lipinski definition) is 3. The molecule has 0 amide bonds. The quantitative estimate of drug-likeness (QED) is 0.850. The maximum Gasteiger partial charge on any atom is 0.0346 e. The Labute approximate surface area is 140 Å². The summed E-state index contributed by atoms with van der Waals surface area (Å²) < 4.78 is 1.30. The van der Waals surface area contributed by atoms with E-state index in [-0.39, 0.29) is 0 Å². The summed E-state index contributed by atoms with van der Waals surface area (Å²) in [5, 5.41) is 6.18. The minimum atomic E-state index is 0.345. The van der Waals surface area contributed by atoms with Crippen molar-refractivity contribution >= 4 is 27.3 Å². The molecule has 2 heterocycles. The van der Waals surface area contributed by atoms with Crippen LogP contribution in [0.1, 0.15) is 50.3 Å². The van der Waals surface area contributed by atoms with Crippen LogP contribution in [0.5, 0.6) is 0 Å². The summed E-state index contributed by atoms with van der Waals surface area (Å²) >= 11 is 5.63. The van der Waals surface area contributed by atoms with Gasteiger partial charge in [0, 0.05) is 40.1 Å². The molecule has 3 aliphatic rings. The highest BCUT2D eigenvalue weighted by Crippen LogP contribution is 2.46. The number of thiophene rings is 1. The molecule has 1 unspecified atom stereocenters. The van der Waals surface area contributed by atoms with Gasteiger partial charge < -0.3 is 5.32 Å². The monoisotopic (exact) mass is 368 g/mol. The first-order valence-corrected chi connectivity index (χ1v) is 10.0. The van der Waals surface area contributed by atoms with Gasteiger partial charge in [-0.05, 0) is 65.9 Å². The number of halogens is 1. The molecule has 21 heavy (non-hydrogen) atoms. The Morgan fingerprint density at radius 2 is 2.14 bits per heavy atom. The SMILES string of the molecule is CC1(C2CC2)CN(Cc2sccc2Br)C2(CCCC2)CN1. The van der Waals surface area contributed by atoms with E-state index in [0.717, 1.165) is 12.5 Å². The van der Waals surface area contributed by atoms with Crippen molar-refractivity contribution in [1.82, 2.24) is 10.2 Å². The third kappa shape index (κ3) is 2.62. The fourth-order valence-corrected chi connectivity index (χ4v) is 5.95. The molecule has 1 aromatic heterocycles. The lowest BCUT2D eigenvalue weighted by atomic mass is 9.83. The van der Waals surface area contributed by atoms with Crippen molar-refractivity contribution in [3.05, 3.63) is 20.8 Å². The molecule has 2 saturated carbocycles. The van der Waals surface area contributed by atoms with E-state index in [1.54, 1.807) is 0 Å². The molecule has 4 rings (SSSR count). The minimum absolute atomic E-state index is 0.345. The molecule has 1 saturated heterocycles. The van der Waals surface area contributed by atoms with E-state index in [1.807, 2.05) is 11.3 Å². The van der Waals surface area contributed by atoms with Crippen molar-refractivity contribution in [1.29, 1.82) is 0 Å². The van der Waals surface area contributed by atoms with Gasteiger partial charge in [-0.25, -0.2) is 0 Å². The zero-order chi connectivity index (χ0) is 14.5. The van der Waals surface area contributed by atoms with Crippen LogP contribution in [0.4, 0.5) is 0 Å². The van der Waals surface area contributed by atoms with E-state index in [4.69, 9.17) is 0 Å². The van der Waals surface area contributed by atoms with Gasteiger partial charge in [0.15, 0.2) is 0 Å². The topological polar surface area (TPSA) is 15.3 Å². The number of rotatable bonds is 3. The maximum atomic E-state index is 3.96. The normalized spacial score (nSPS) is 32.9. The molecule has 116 valence electrons. The lowest BCUT2D eigenvalue weighted by Gasteiger charge is -2.53. The Morgan fingerprint density at radius 1 is 1.38 bits per heavy atom. The smallest absolute Gasteiger partial charge is 0.0346 e. The first kappa shape index (κ1) is 14.7. The summed E-state index contributed by atoms with van der Waals surface area (Å²) in [6.45, 7) is 6.01. The predicted octanol–water partition coefficient (Wildman–Crippen LogP) is 4.40. The Kier molecular flexibility index (Phi) is 3.72. The van der Waals surface area contributed by atoms with Gasteiger partial charge in [-0.2, -0.15) is 0 Å². The van der Waals surface area contributed by atoms with Gasteiger partial charge in [0.05, 0.1) is 0 Å². The van der Waals surface area contributed by atoms with Crippen LogP contribution < -0.4 is 5.32 Å². The van der Waals surface area contributed by atoms with Crippen LogP contribution in [-0.4, -0.2) is 29.1 Å². The average Bonchev–Trinajstić information content (AvgIpc) is 3.11. The molecule has 1 N–H and O–H groups in total. The van der Waals surface area contributed by atoms with E-state index >= 15 is 0 Å². The van der Waals surface area contributed by atoms with E-state index < -0.39 is 0 Å². The zero-order valence-corrected chi connectivity index (χ0v) is 15.2. The van der Waals surface area contributed by atoms with Gasteiger partial charge in [-0.1, -0.05) is 12.8 Å². The molecule has 4 heteroatoms. The van der Waals surface area contributed by atoms with Gasteiger partial charge in [-0.3, -0.25) is 4.90 Å². The highest BCUT2D eigenvalue weighted by Gasteiger charge is 2.51. The highest BCUT2D eigenvalue weighted by molar-refractivity contribution is 9.10. The lowest BCUT2D eigenvalue weighted by molar-refractivity contribution is -0.0000902. The van der Waals surface area contributed by atoms with Crippen LogP contribution in [0.3, 0.4) is 0 Å². The average molecular weight is 369 g/mol. The largest absolute Gasteiger partial charge is 0.308 e. The number of piperazine rings is 1. The fraction of sp³-hybridized carbons (Fsp3) is 0.765. The molecule has 3 fully saturated rings. The summed E-state index contributed by atoms with van der Waals surface area (Å²) in [5.41, 5.74) is 0.773. The molecule has 2 aliphatic carbocycles. The van der Waals surface area contributed by atoms with Crippen LogP contribution >= 0.6 is 27.3 Å². The molecule has 1 aliphatic heterocycles. The Morgan fingerprint density at radius 3 is 2.76 bits per heavy atom. The van der Waals surface area contributed by atoms with Crippen LogP contribution in [0.2, 0.25) is 0 Å². The Balaban J connectivity index is 1.59. The molecule has 0 radical (unpaired) electrons. The first-order valence-electron chi connectivity index (χ1n) is 8.33. The van der Waals surface area contributed by atoms with Gasteiger partial charge in [0.1, 0.15) is 0 Å². The first-order chi connectivity index (χ1) is 10.1. The van der Waals surface area contributed by atoms with Crippen LogP contribution in [0.25, 0.3) is 0 Å². The van der Waals surface area contributed by atoms with E-state index in [2.05, 4.69) is 44.5 Å². The van der Waals surface area contributed by atoms with Crippen molar-refractivity contribution in [2.24, 2.45) is 5.92 Å². The highest BCUT2D eigenvalue weighted by atomic mass is 79.9. The second kappa shape index (κ2) is 5.33. The van der Waals surface area contributed by atoms with Gasteiger partial charge in [0.25, 0.3) is 0 Å². The summed E-state index contributed by atoms with van der Waals surface area (Å²) in [4.78, 5) is 4.34. The molecular weight excluding hydrogens is 344 g/mol. The van der Waals surface area contributed by atoms with Crippen molar-refractivity contribution in [2.45, 2.75) is 63.1 Å². The molecule has 1 atom stereocenters. The van der Waals surface area contributed by atoms with Gasteiger partial charge in [0.2, 0.25) is 0 Å². The lowest BCUT2D eigenvalue weighted by Crippen LogP contribution is -2.68. The molecular formula is C17H25BrN2S. The second-order valence-corrected chi connectivity index (χ2v) is 9.38. The van der Waals surface area contributed by atoms with Crippen molar-refractivity contribution < 1.29 is 0 Å². The summed E-state index contributed by atoms with van der Waals surface area (Å²) in [5.74, 6) is 0.908. The summed E-state index contributed by atoms with van der Waals surface area (Å²) in [6, 6.07) is 2.20. The van der Waals surface area contributed by atoms with Crippen molar-refractivity contribution in [3.63, 3.8) is 0 Å². The van der Waals surface area contributed by atoms with Crippen LogP contribution in [0, 0.1) is 5.92 Å². The van der Waals surface area contributed by atoms with Crippen molar-refractivity contribution in [2.75, 3.05) is 13.1 Å². The standard InChI is InChI=1S/C17H25BrN2S/c1-16(13-4-5-13)12-20(10-15-14(18)6-9-21-15)17(11-19-16)7-2-3-8-17/h6,9,13,19H,2-5,7-8,10-12H2,1H3. The molecule has 1 aromatic rings. The third-order valence-electron chi connectivity index (χ3n) is 6.05.